The topological polar surface area (TPSA) is 106 Å². The maximum Gasteiger partial charge on any atom is 0.355 e. The summed E-state index contributed by atoms with van der Waals surface area (Å²) >= 11 is 9.21. The Bertz CT molecular complexity index is 1210. The van der Waals surface area contributed by atoms with Crippen molar-refractivity contribution >= 4 is 45.2 Å². The van der Waals surface area contributed by atoms with Crippen LogP contribution in [0.2, 0.25) is 5.02 Å². The van der Waals surface area contributed by atoms with Gasteiger partial charge in [-0.2, -0.15) is 5.26 Å². The number of ether oxygens (including phenoxy) is 2. The van der Waals surface area contributed by atoms with Crippen molar-refractivity contribution in [2.75, 3.05) is 19.1 Å². The van der Waals surface area contributed by atoms with E-state index in [0.29, 0.717) is 10.0 Å². The SMILES string of the molecule is COC(=O)C1=C(C(=O)OC)N(c2cc(Br)cc(Cl)c2F)C(N)=C(C#N)C1c1ccccc1. The molecule has 3 rings (SSSR count). The van der Waals surface area contributed by atoms with Gasteiger partial charge in [0.15, 0.2) is 5.82 Å². The van der Waals surface area contributed by atoms with Crippen molar-refractivity contribution in [2.45, 2.75) is 5.92 Å². The first-order chi connectivity index (χ1) is 15.3. The van der Waals surface area contributed by atoms with Crippen LogP contribution in [0.5, 0.6) is 0 Å². The number of methoxy groups -OCH3 is 2. The summed E-state index contributed by atoms with van der Waals surface area (Å²) in [6.45, 7) is 0. The number of benzene rings is 2. The molecule has 10 heteroatoms. The summed E-state index contributed by atoms with van der Waals surface area (Å²) in [5, 5.41) is 9.69. The number of rotatable bonds is 4. The van der Waals surface area contributed by atoms with Gasteiger partial charge in [-0.15, -0.1) is 0 Å². The van der Waals surface area contributed by atoms with Crippen molar-refractivity contribution in [3.8, 4) is 6.07 Å². The fourth-order valence-corrected chi connectivity index (χ4v) is 4.26. The molecule has 7 nitrogen and oxygen atoms in total. The van der Waals surface area contributed by atoms with Crippen LogP contribution in [0.1, 0.15) is 11.5 Å². The monoisotopic (exact) mass is 519 g/mol. The molecule has 0 amide bonds. The highest BCUT2D eigenvalue weighted by atomic mass is 79.9. The van der Waals surface area contributed by atoms with E-state index in [1.54, 1.807) is 30.3 Å². The summed E-state index contributed by atoms with van der Waals surface area (Å²) in [6, 6.07) is 13.1. The van der Waals surface area contributed by atoms with Crippen LogP contribution < -0.4 is 10.6 Å². The molecule has 1 aliphatic rings. The summed E-state index contributed by atoms with van der Waals surface area (Å²) in [7, 11) is 2.23. The minimum atomic E-state index is -1.05. The first kappa shape index (κ1) is 23.3. The summed E-state index contributed by atoms with van der Waals surface area (Å²) in [4.78, 5) is 26.8. The number of halogens is 3. The van der Waals surface area contributed by atoms with Gasteiger partial charge in [-0.1, -0.05) is 57.9 Å². The van der Waals surface area contributed by atoms with Crippen molar-refractivity contribution < 1.29 is 23.5 Å². The van der Waals surface area contributed by atoms with Crippen LogP contribution in [0.15, 0.2) is 69.6 Å². The highest BCUT2D eigenvalue weighted by Crippen LogP contribution is 2.44. The van der Waals surface area contributed by atoms with E-state index in [1.165, 1.54) is 12.1 Å². The van der Waals surface area contributed by atoms with Crippen molar-refractivity contribution in [2.24, 2.45) is 5.73 Å². The maximum absolute atomic E-state index is 15.1. The lowest BCUT2D eigenvalue weighted by atomic mass is 9.81. The normalized spacial score (nSPS) is 16.0. The fraction of sp³-hybridized carbons (Fsp3) is 0.136. The third-order valence-electron chi connectivity index (χ3n) is 4.83. The highest BCUT2D eigenvalue weighted by Gasteiger charge is 2.43. The summed E-state index contributed by atoms with van der Waals surface area (Å²) in [5.74, 6) is -4.13. The molecular formula is C22H16BrClFN3O4. The first-order valence-corrected chi connectivity index (χ1v) is 10.2. The second-order valence-corrected chi connectivity index (χ2v) is 7.88. The average Bonchev–Trinajstić information content (AvgIpc) is 2.80. The average molecular weight is 521 g/mol. The van der Waals surface area contributed by atoms with Gasteiger partial charge in [0.05, 0.1) is 48.1 Å². The van der Waals surface area contributed by atoms with Crippen LogP contribution in [-0.2, 0) is 19.1 Å². The molecule has 0 fully saturated rings. The highest BCUT2D eigenvalue weighted by molar-refractivity contribution is 9.10. The largest absolute Gasteiger partial charge is 0.466 e. The number of nitrogens with two attached hydrogens (primary N) is 1. The van der Waals surface area contributed by atoms with E-state index in [-0.39, 0.29) is 27.7 Å². The van der Waals surface area contributed by atoms with Crippen LogP contribution >= 0.6 is 27.5 Å². The zero-order valence-corrected chi connectivity index (χ0v) is 19.2. The second-order valence-electron chi connectivity index (χ2n) is 6.56. The van der Waals surface area contributed by atoms with Gasteiger partial charge in [-0.25, -0.2) is 14.0 Å². The Morgan fingerprint density at radius 3 is 2.38 bits per heavy atom. The molecule has 0 saturated carbocycles. The summed E-state index contributed by atoms with van der Waals surface area (Å²) in [5.41, 5.74) is 5.85. The fourth-order valence-electron chi connectivity index (χ4n) is 3.47. The Labute approximate surface area is 196 Å². The van der Waals surface area contributed by atoms with E-state index in [2.05, 4.69) is 15.9 Å². The standard InChI is InChI=1S/C22H16BrClFN3O4/c1-31-21(29)17-16(11-6-4-3-5-7-11)13(10-26)20(27)28(19(17)22(30)32-2)15-9-12(23)8-14(24)18(15)25/h3-9,16H,27H2,1-2H3. The van der Waals surface area contributed by atoms with Crippen LogP contribution in [-0.4, -0.2) is 26.2 Å². The second kappa shape index (κ2) is 9.42. The third-order valence-corrected chi connectivity index (χ3v) is 5.56. The van der Waals surface area contributed by atoms with Gasteiger partial charge in [-0.05, 0) is 17.7 Å². The molecule has 0 spiro atoms. The van der Waals surface area contributed by atoms with Crippen LogP contribution in [0.3, 0.4) is 0 Å². The van der Waals surface area contributed by atoms with Gasteiger partial charge in [0.2, 0.25) is 0 Å². The molecule has 1 heterocycles. The molecular weight excluding hydrogens is 505 g/mol. The molecule has 0 aliphatic carbocycles. The summed E-state index contributed by atoms with van der Waals surface area (Å²) in [6.07, 6.45) is 0. The zero-order valence-electron chi connectivity index (χ0n) is 16.9. The van der Waals surface area contributed by atoms with E-state index in [1.807, 2.05) is 6.07 Å². The minimum absolute atomic E-state index is 0.0836. The van der Waals surface area contributed by atoms with Crippen molar-refractivity contribution in [3.05, 3.63) is 86.0 Å². The Hall–Kier alpha value is -3.35. The van der Waals surface area contributed by atoms with Gasteiger partial charge in [0, 0.05) is 4.47 Å². The third kappa shape index (κ3) is 3.95. The van der Waals surface area contributed by atoms with Crippen LogP contribution in [0, 0.1) is 17.1 Å². The van der Waals surface area contributed by atoms with E-state index in [9.17, 15) is 14.9 Å². The Morgan fingerprint density at radius 2 is 1.81 bits per heavy atom. The molecule has 32 heavy (non-hydrogen) atoms. The summed E-state index contributed by atoms with van der Waals surface area (Å²) < 4.78 is 25.3. The van der Waals surface area contributed by atoms with E-state index >= 15 is 4.39 Å². The predicted octanol–water partition coefficient (Wildman–Crippen LogP) is 4.14. The quantitative estimate of drug-likeness (QED) is 0.477. The van der Waals surface area contributed by atoms with Crippen LogP contribution in [0.4, 0.5) is 10.1 Å². The molecule has 2 aromatic carbocycles. The van der Waals surface area contributed by atoms with Gasteiger partial charge in [0.25, 0.3) is 0 Å². The van der Waals surface area contributed by atoms with Gasteiger partial charge in [-0.3, -0.25) is 4.90 Å². The maximum atomic E-state index is 15.1. The van der Waals surface area contributed by atoms with E-state index < -0.39 is 29.4 Å². The first-order valence-electron chi connectivity index (χ1n) is 9.06. The Balaban J connectivity index is 2.47. The number of nitrogens with zero attached hydrogens (tertiary/aromatic N) is 2. The lowest BCUT2D eigenvalue weighted by Crippen LogP contribution is -2.41. The number of hydrogen-bond acceptors (Lipinski definition) is 7. The van der Waals surface area contributed by atoms with E-state index in [0.717, 1.165) is 19.1 Å². The number of hydrogen-bond donors (Lipinski definition) is 1. The molecule has 0 saturated heterocycles. The Morgan fingerprint density at radius 1 is 1.19 bits per heavy atom. The van der Waals surface area contributed by atoms with Crippen molar-refractivity contribution in [1.29, 1.82) is 5.26 Å². The number of carbonyl (C=O) groups excluding carboxylic acids is 2. The number of esters is 2. The van der Waals surface area contributed by atoms with E-state index in [4.69, 9.17) is 26.8 Å². The molecule has 1 unspecified atom stereocenters. The predicted molar refractivity (Wildman–Crippen MR) is 119 cm³/mol. The number of anilines is 1. The van der Waals surface area contributed by atoms with Crippen molar-refractivity contribution in [1.82, 2.24) is 0 Å². The van der Waals surface area contributed by atoms with Crippen molar-refractivity contribution in [3.63, 3.8) is 0 Å². The zero-order chi connectivity index (χ0) is 23.6. The van der Waals surface area contributed by atoms with Gasteiger partial charge >= 0.3 is 11.9 Å². The number of nitriles is 1. The smallest absolute Gasteiger partial charge is 0.355 e. The molecule has 0 bridgehead atoms. The molecule has 2 N–H and O–H groups in total. The minimum Gasteiger partial charge on any atom is -0.466 e. The molecule has 164 valence electrons. The lowest BCUT2D eigenvalue weighted by molar-refractivity contribution is -0.139. The number of carbonyl (C=O) groups is 2. The van der Waals surface area contributed by atoms with Gasteiger partial charge < -0.3 is 15.2 Å². The molecule has 1 atom stereocenters. The molecule has 0 aromatic heterocycles. The lowest BCUT2D eigenvalue weighted by Gasteiger charge is -2.36. The number of allylic oxidation sites excluding steroid dienone is 1. The molecule has 0 radical (unpaired) electrons. The molecule has 1 aliphatic heterocycles. The Kier molecular flexibility index (Phi) is 6.87. The van der Waals surface area contributed by atoms with Gasteiger partial charge in [0.1, 0.15) is 11.5 Å². The molecule has 2 aromatic rings. The van der Waals surface area contributed by atoms with Crippen LogP contribution in [0.25, 0.3) is 0 Å².